The minimum Gasteiger partial charge on any atom is -0.327 e. The van der Waals surface area contributed by atoms with Crippen molar-refractivity contribution in [3.05, 3.63) is 34.1 Å². The van der Waals surface area contributed by atoms with Crippen LogP contribution in [0.3, 0.4) is 0 Å². The van der Waals surface area contributed by atoms with Crippen molar-refractivity contribution in [2.75, 3.05) is 20.6 Å². The Hall–Kier alpha value is -0.450. The first-order valence-corrected chi connectivity index (χ1v) is 6.12. The molecule has 1 aromatic carbocycles. The molecule has 0 aromatic heterocycles. The number of hydrogen-bond donors (Lipinski definition) is 1. The quantitative estimate of drug-likeness (QED) is 0.902. The van der Waals surface area contributed by atoms with Crippen molar-refractivity contribution in [2.45, 2.75) is 18.9 Å². The first-order chi connectivity index (χ1) is 7.49. The van der Waals surface area contributed by atoms with Crippen LogP contribution < -0.4 is 5.73 Å². The molecule has 16 heavy (non-hydrogen) atoms. The molecule has 0 amide bonds. The summed E-state index contributed by atoms with van der Waals surface area (Å²) in [5.74, 6) is -0.225. The highest BCUT2D eigenvalue weighted by Gasteiger charge is 2.08. The second kappa shape index (κ2) is 6.33. The van der Waals surface area contributed by atoms with E-state index < -0.39 is 0 Å². The molecule has 0 aliphatic heterocycles. The summed E-state index contributed by atoms with van der Waals surface area (Å²) in [5, 5.41) is 0. The smallest absolute Gasteiger partial charge is 0.124 e. The Kier molecular flexibility index (Phi) is 5.38. The van der Waals surface area contributed by atoms with Crippen LogP contribution in [0, 0.1) is 5.82 Å². The van der Waals surface area contributed by atoms with Crippen molar-refractivity contribution >= 4 is 15.9 Å². The Morgan fingerprint density at radius 3 is 2.69 bits per heavy atom. The zero-order chi connectivity index (χ0) is 12.1. The normalized spacial score (nSPS) is 13.1. The zero-order valence-corrected chi connectivity index (χ0v) is 11.3. The summed E-state index contributed by atoms with van der Waals surface area (Å²) < 4.78 is 13.7. The highest BCUT2D eigenvalue weighted by Crippen LogP contribution is 2.19. The molecular weight excluding hydrogens is 271 g/mol. The fourth-order valence-electron chi connectivity index (χ4n) is 1.50. The van der Waals surface area contributed by atoms with Crippen LogP contribution in [0.5, 0.6) is 0 Å². The molecule has 0 radical (unpaired) electrons. The topological polar surface area (TPSA) is 29.3 Å². The summed E-state index contributed by atoms with van der Waals surface area (Å²) in [5.41, 5.74) is 7.08. The van der Waals surface area contributed by atoms with Gasteiger partial charge in [0.25, 0.3) is 0 Å². The summed E-state index contributed by atoms with van der Waals surface area (Å²) in [6.07, 6.45) is 1.71. The van der Waals surface area contributed by atoms with E-state index >= 15 is 0 Å². The van der Waals surface area contributed by atoms with E-state index in [0.717, 1.165) is 29.4 Å². The second-order valence-electron chi connectivity index (χ2n) is 4.29. The van der Waals surface area contributed by atoms with Crippen LogP contribution in [-0.2, 0) is 6.42 Å². The summed E-state index contributed by atoms with van der Waals surface area (Å²) in [6.45, 7) is 0.972. The van der Waals surface area contributed by atoms with Crippen molar-refractivity contribution in [3.63, 3.8) is 0 Å². The van der Waals surface area contributed by atoms with Crippen molar-refractivity contribution < 1.29 is 4.39 Å². The van der Waals surface area contributed by atoms with E-state index in [1.807, 2.05) is 14.1 Å². The highest BCUT2D eigenvalue weighted by atomic mass is 79.9. The fraction of sp³-hybridized carbons (Fsp3) is 0.500. The van der Waals surface area contributed by atoms with E-state index in [0.29, 0.717) is 0 Å². The number of rotatable bonds is 5. The molecule has 0 bridgehead atoms. The monoisotopic (exact) mass is 288 g/mol. The number of benzene rings is 1. The lowest BCUT2D eigenvalue weighted by Crippen LogP contribution is -2.28. The lowest BCUT2D eigenvalue weighted by atomic mass is 10.0. The highest BCUT2D eigenvalue weighted by molar-refractivity contribution is 9.10. The molecule has 2 nitrogen and oxygen atoms in total. The van der Waals surface area contributed by atoms with Crippen molar-refractivity contribution in [3.8, 4) is 0 Å². The van der Waals surface area contributed by atoms with Crippen molar-refractivity contribution in [2.24, 2.45) is 5.73 Å². The fourth-order valence-corrected chi connectivity index (χ4v) is 2.01. The number of nitrogens with two attached hydrogens (primary N) is 1. The third kappa shape index (κ3) is 4.60. The number of nitrogens with zero attached hydrogens (tertiary/aromatic N) is 1. The molecular formula is C12H18BrFN2. The molecule has 2 N–H and O–H groups in total. The van der Waals surface area contributed by atoms with Gasteiger partial charge >= 0.3 is 0 Å². The summed E-state index contributed by atoms with van der Waals surface area (Å²) in [7, 11) is 4.06. The minimum atomic E-state index is -0.225. The van der Waals surface area contributed by atoms with Gasteiger partial charge in [-0.1, -0.05) is 22.0 Å². The molecule has 1 atom stereocenters. The van der Waals surface area contributed by atoms with Gasteiger partial charge in [0.15, 0.2) is 0 Å². The van der Waals surface area contributed by atoms with Crippen LogP contribution in [0.4, 0.5) is 4.39 Å². The van der Waals surface area contributed by atoms with Gasteiger partial charge in [0.1, 0.15) is 5.82 Å². The summed E-state index contributed by atoms with van der Waals surface area (Å²) in [4.78, 5) is 2.11. The predicted octanol–water partition coefficient (Wildman–Crippen LogP) is 2.41. The molecule has 4 heteroatoms. The first-order valence-electron chi connectivity index (χ1n) is 5.33. The molecule has 0 aliphatic carbocycles. The molecule has 1 aromatic rings. The third-order valence-corrected chi connectivity index (χ3v) is 3.18. The first kappa shape index (κ1) is 13.6. The van der Waals surface area contributed by atoms with E-state index in [1.165, 1.54) is 12.1 Å². The van der Waals surface area contributed by atoms with Crippen LogP contribution in [0.25, 0.3) is 0 Å². The molecule has 0 saturated heterocycles. The maximum Gasteiger partial charge on any atom is 0.124 e. The van der Waals surface area contributed by atoms with Gasteiger partial charge in [0.2, 0.25) is 0 Å². The standard InChI is InChI=1S/C12H18BrFN2/c1-16(2)6-5-11(15)7-9-3-4-10(14)8-12(9)13/h3-4,8,11H,5-7,15H2,1-2H3. The van der Waals surface area contributed by atoms with Gasteiger partial charge in [-0.2, -0.15) is 0 Å². The Bertz CT molecular complexity index is 342. The van der Waals surface area contributed by atoms with E-state index in [9.17, 15) is 4.39 Å². The summed E-state index contributed by atoms with van der Waals surface area (Å²) in [6, 6.07) is 4.85. The van der Waals surface area contributed by atoms with Crippen LogP contribution >= 0.6 is 15.9 Å². The minimum absolute atomic E-state index is 0.115. The van der Waals surface area contributed by atoms with E-state index in [1.54, 1.807) is 6.07 Å². The lowest BCUT2D eigenvalue weighted by molar-refractivity contribution is 0.379. The van der Waals surface area contributed by atoms with Crippen LogP contribution in [0.1, 0.15) is 12.0 Å². The Labute approximate surface area is 105 Å². The third-order valence-electron chi connectivity index (χ3n) is 2.44. The molecule has 0 aliphatic rings. The second-order valence-corrected chi connectivity index (χ2v) is 5.15. The van der Waals surface area contributed by atoms with E-state index in [-0.39, 0.29) is 11.9 Å². The van der Waals surface area contributed by atoms with Gasteiger partial charge in [-0.05, 0) is 51.2 Å². The van der Waals surface area contributed by atoms with Gasteiger partial charge in [-0.25, -0.2) is 4.39 Å². The average molecular weight is 289 g/mol. The van der Waals surface area contributed by atoms with Gasteiger partial charge in [-0.15, -0.1) is 0 Å². The lowest BCUT2D eigenvalue weighted by Gasteiger charge is -2.15. The van der Waals surface area contributed by atoms with Crippen molar-refractivity contribution in [1.82, 2.24) is 4.90 Å². The van der Waals surface area contributed by atoms with Crippen LogP contribution in [0.2, 0.25) is 0 Å². The zero-order valence-electron chi connectivity index (χ0n) is 9.71. The predicted molar refractivity (Wildman–Crippen MR) is 69.0 cm³/mol. The maximum absolute atomic E-state index is 12.9. The summed E-state index contributed by atoms with van der Waals surface area (Å²) >= 11 is 3.35. The van der Waals surface area contributed by atoms with E-state index in [4.69, 9.17) is 5.73 Å². The van der Waals surface area contributed by atoms with E-state index in [2.05, 4.69) is 20.8 Å². The van der Waals surface area contributed by atoms with Gasteiger partial charge in [0, 0.05) is 10.5 Å². The van der Waals surface area contributed by atoms with Gasteiger partial charge in [0.05, 0.1) is 0 Å². The Balaban J connectivity index is 2.52. The molecule has 1 rings (SSSR count). The average Bonchev–Trinajstić information content (AvgIpc) is 2.19. The Morgan fingerprint density at radius 1 is 1.44 bits per heavy atom. The number of halogens is 2. The maximum atomic E-state index is 12.9. The SMILES string of the molecule is CN(C)CCC(N)Cc1ccc(F)cc1Br. The van der Waals surface area contributed by atoms with Gasteiger partial charge in [-0.3, -0.25) is 0 Å². The van der Waals surface area contributed by atoms with Crippen LogP contribution in [0.15, 0.2) is 22.7 Å². The molecule has 0 saturated carbocycles. The molecule has 0 fully saturated rings. The molecule has 0 heterocycles. The molecule has 90 valence electrons. The molecule has 0 spiro atoms. The van der Waals surface area contributed by atoms with Gasteiger partial charge < -0.3 is 10.6 Å². The number of hydrogen-bond acceptors (Lipinski definition) is 2. The van der Waals surface area contributed by atoms with Crippen LogP contribution in [-0.4, -0.2) is 31.6 Å². The Morgan fingerprint density at radius 2 is 2.12 bits per heavy atom. The van der Waals surface area contributed by atoms with Crippen molar-refractivity contribution in [1.29, 1.82) is 0 Å². The largest absolute Gasteiger partial charge is 0.327 e. The molecule has 1 unspecified atom stereocenters.